The molecule has 0 aliphatic heterocycles. The third-order valence-electron chi connectivity index (χ3n) is 1.76. The minimum atomic E-state index is 0.0284. The van der Waals surface area contributed by atoms with Crippen molar-refractivity contribution >= 4 is 5.91 Å². The van der Waals surface area contributed by atoms with E-state index in [1.807, 2.05) is 0 Å². The van der Waals surface area contributed by atoms with E-state index in [1.165, 1.54) is 12.8 Å². The second-order valence-corrected chi connectivity index (χ2v) is 3.50. The standard InChI is InChI=1S/C8H17N3O/c1-11(2)10-8(12)6-9-5-7-3-4-7/h7,9H,3-6H2,1-2H3,(H,10,12). The molecule has 4 heteroatoms. The highest BCUT2D eigenvalue weighted by molar-refractivity contribution is 5.77. The zero-order valence-electron chi connectivity index (χ0n) is 7.76. The van der Waals surface area contributed by atoms with E-state index in [9.17, 15) is 4.79 Å². The summed E-state index contributed by atoms with van der Waals surface area (Å²) in [5, 5.41) is 4.77. The summed E-state index contributed by atoms with van der Waals surface area (Å²) in [5.74, 6) is 0.859. The number of carbonyl (C=O) groups is 1. The second kappa shape index (κ2) is 4.42. The summed E-state index contributed by atoms with van der Waals surface area (Å²) in [4.78, 5) is 11.0. The first-order chi connectivity index (χ1) is 5.68. The molecule has 1 amide bonds. The Morgan fingerprint density at radius 2 is 2.17 bits per heavy atom. The van der Waals surface area contributed by atoms with Gasteiger partial charge >= 0.3 is 0 Å². The van der Waals surface area contributed by atoms with Gasteiger partial charge in [0.1, 0.15) is 0 Å². The monoisotopic (exact) mass is 171 g/mol. The summed E-state index contributed by atoms with van der Waals surface area (Å²) in [5.41, 5.74) is 2.67. The van der Waals surface area contributed by atoms with Crippen LogP contribution in [0, 0.1) is 5.92 Å². The van der Waals surface area contributed by atoms with E-state index >= 15 is 0 Å². The van der Waals surface area contributed by atoms with Crippen molar-refractivity contribution in [3.63, 3.8) is 0 Å². The van der Waals surface area contributed by atoms with E-state index in [0.29, 0.717) is 6.54 Å². The van der Waals surface area contributed by atoms with Crippen LogP contribution in [0.5, 0.6) is 0 Å². The molecule has 1 fully saturated rings. The largest absolute Gasteiger partial charge is 0.308 e. The lowest BCUT2D eigenvalue weighted by Gasteiger charge is -2.11. The molecule has 0 bridgehead atoms. The van der Waals surface area contributed by atoms with E-state index in [-0.39, 0.29) is 5.91 Å². The molecule has 0 aromatic heterocycles. The maximum Gasteiger partial charge on any atom is 0.248 e. The molecule has 0 radical (unpaired) electrons. The number of carbonyl (C=O) groups excluding carboxylic acids is 1. The smallest absolute Gasteiger partial charge is 0.248 e. The van der Waals surface area contributed by atoms with Gasteiger partial charge in [-0.05, 0) is 25.3 Å². The minimum Gasteiger partial charge on any atom is -0.308 e. The molecule has 0 heterocycles. The second-order valence-electron chi connectivity index (χ2n) is 3.50. The average molecular weight is 171 g/mol. The molecule has 1 saturated carbocycles. The van der Waals surface area contributed by atoms with Gasteiger partial charge < -0.3 is 5.32 Å². The molecule has 0 atom stereocenters. The Balaban J connectivity index is 1.93. The Morgan fingerprint density at radius 3 is 2.67 bits per heavy atom. The summed E-state index contributed by atoms with van der Waals surface area (Å²) in [7, 11) is 3.61. The van der Waals surface area contributed by atoms with Crippen molar-refractivity contribution in [2.75, 3.05) is 27.2 Å². The molecule has 0 spiro atoms. The Labute approximate surface area is 73.3 Å². The van der Waals surface area contributed by atoms with Crippen LogP contribution in [0.25, 0.3) is 0 Å². The van der Waals surface area contributed by atoms with Crippen molar-refractivity contribution < 1.29 is 4.79 Å². The predicted molar refractivity (Wildman–Crippen MR) is 47.4 cm³/mol. The quantitative estimate of drug-likeness (QED) is 0.552. The van der Waals surface area contributed by atoms with Crippen LogP contribution < -0.4 is 10.7 Å². The van der Waals surface area contributed by atoms with Gasteiger partial charge in [-0.15, -0.1) is 0 Å². The Kier molecular flexibility index (Phi) is 3.49. The number of amides is 1. The van der Waals surface area contributed by atoms with Crippen LogP contribution in [0.2, 0.25) is 0 Å². The molecule has 70 valence electrons. The van der Waals surface area contributed by atoms with Gasteiger partial charge in [0.25, 0.3) is 0 Å². The van der Waals surface area contributed by atoms with E-state index in [1.54, 1.807) is 19.1 Å². The maximum absolute atomic E-state index is 11.0. The fourth-order valence-corrected chi connectivity index (χ4v) is 1.00. The number of hydrogen-bond donors (Lipinski definition) is 2. The third-order valence-corrected chi connectivity index (χ3v) is 1.76. The van der Waals surface area contributed by atoms with Crippen molar-refractivity contribution in [2.45, 2.75) is 12.8 Å². The Morgan fingerprint density at radius 1 is 1.50 bits per heavy atom. The first-order valence-corrected chi connectivity index (χ1v) is 4.36. The van der Waals surface area contributed by atoms with Crippen molar-refractivity contribution in [1.29, 1.82) is 0 Å². The average Bonchev–Trinajstić information content (AvgIpc) is 2.69. The molecule has 1 rings (SSSR count). The lowest BCUT2D eigenvalue weighted by Crippen LogP contribution is -2.41. The van der Waals surface area contributed by atoms with Crippen molar-refractivity contribution in [3.05, 3.63) is 0 Å². The summed E-state index contributed by atoms with van der Waals surface area (Å²) < 4.78 is 0. The number of nitrogens with zero attached hydrogens (tertiary/aromatic N) is 1. The van der Waals surface area contributed by atoms with Gasteiger partial charge in [-0.3, -0.25) is 10.2 Å². The van der Waals surface area contributed by atoms with E-state index < -0.39 is 0 Å². The fraction of sp³-hybridized carbons (Fsp3) is 0.875. The molecule has 2 N–H and O–H groups in total. The lowest BCUT2D eigenvalue weighted by molar-refractivity contribution is -0.123. The van der Waals surface area contributed by atoms with Crippen LogP contribution >= 0.6 is 0 Å². The highest BCUT2D eigenvalue weighted by Crippen LogP contribution is 2.27. The maximum atomic E-state index is 11.0. The van der Waals surface area contributed by atoms with Crippen LogP contribution in [0.4, 0.5) is 0 Å². The molecule has 1 aliphatic carbocycles. The molecular weight excluding hydrogens is 154 g/mol. The molecule has 0 aromatic carbocycles. The van der Waals surface area contributed by atoms with Crippen LogP contribution in [0.1, 0.15) is 12.8 Å². The van der Waals surface area contributed by atoms with Crippen LogP contribution in [-0.2, 0) is 4.79 Å². The van der Waals surface area contributed by atoms with Gasteiger partial charge in [0, 0.05) is 14.1 Å². The van der Waals surface area contributed by atoms with Gasteiger partial charge in [0.2, 0.25) is 5.91 Å². The van der Waals surface area contributed by atoms with E-state index in [4.69, 9.17) is 0 Å². The highest BCUT2D eigenvalue weighted by atomic mass is 16.2. The van der Waals surface area contributed by atoms with Crippen LogP contribution in [0.15, 0.2) is 0 Å². The SMILES string of the molecule is CN(C)NC(=O)CNCC1CC1. The summed E-state index contributed by atoms with van der Waals surface area (Å²) in [6.45, 7) is 1.41. The zero-order valence-corrected chi connectivity index (χ0v) is 7.76. The first kappa shape index (κ1) is 9.48. The van der Waals surface area contributed by atoms with Gasteiger partial charge in [0.05, 0.1) is 6.54 Å². The van der Waals surface area contributed by atoms with Crippen molar-refractivity contribution in [3.8, 4) is 0 Å². The summed E-state index contributed by atoms with van der Waals surface area (Å²) in [6.07, 6.45) is 2.64. The predicted octanol–water partition coefficient (Wildman–Crippen LogP) is -0.421. The van der Waals surface area contributed by atoms with Crippen LogP contribution in [-0.4, -0.2) is 38.1 Å². The molecule has 1 aliphatic rings. The first-order valence-electron chi connectivity index (χ1n) is 4.36. The van der Waals surface area contributed by atoms with Gasteiger partial charge in [0.15, 0.2) is 0 Å². The van der Waals surface area contributed by atoms with Crippen LogP contribution in [0.3, 0.4) is 0 Å². The third kappa shape index (κ3) is 4.31. The normalized spacial score (nSPS) is 16.6. The van der Waals surface area contributed by atoms with E-state index in [0.717, 1.165) is 12.5 Å². The number of nitrogens with one attached hydrogen (secondary N) is 2. The summed E-state index contributed by atoms with van der Waals surface area (Å²) in [6, 6.07) is 0. The topological polar surface area (TPSA) is 44.4 Å². The zero-order chi connectivity index (χ0) is 8.97. The number of hydrazine groups is 1. The highest BCUT2D eigenvalue weighted by Gasteiger charge is 2.20. The van der Waals surface area contributed by atoms with Crippen molar-refractivity contribution in [2.24, 2.45) is 5.92 Å². The van der Waals surface area contributed by atoms with Crippen molar-refractivity contribution in [1.82, 2.24) is 15.8 Å². The van der Waals surface area contributed by atoms with Gasteiger partial charge in [-0.1, -0.05) is 0 Å². The molecule has 0 unspecified atom stereocenters. The lowest BCUT2D eigenvalue weighted by atomic mass is 10.4. The summed E-state index contributed by atoms with van der Waals surface area (Å²) >= 11 is 0. The van der Waals surface area contributed by atoms with Gasteiger partial charge in [-0.25, -0.2) is 5.01 Å². The van der Waals surface area contributed by atoms with E-state index in [2.05, 4.69) is 10.7 Å². The van der Waals surface area contributed by atoms with Gasteiger partial charge in [-0.2, -0.15) is 0 Å². The number of rotatable bonds is 5. The molecular formula is C8H17N3O. The number of hydrogen-bond acceptors (Lipinski definition) is 3. The molecule has 12 heavy (non-hydrogen) atoms. The molecule has 4 nitrogen and oxygen atoms in total. The Hall–Kier alpha value is -0.610. The molecule has 0 aromatic rings. The fourth-order valence-electron chi connectivity index (χ4n) is 1.00. The minimum absolute atomic E-state index is 0.0284. The Bertz CT molecular complexity index is 154. The molecule has 0 saturated heterocycles.